The van der Waals surface area contributed by atoms with Gasteiger partial charge in [0.15, 0.2) is 5.78 Å². The number of allylic oxidation sites excluding steroid dienone is 3. The molecule has 2 aliphatic rings. The third-order valence-electron chi connectivity index (χ3n) is 4.95. The highest BCUT2D eigenvalue weighted by molar-refractivity contribution is 6.25. The zero-order valence-electron chi connectivity index (χ0n) is 12.3. The first-order valence-corrected chi connectivity index (χ1v) is 7.07. The summed E-state index contributed by atoms with van der Waals surface area (Å²) in [5, 5.41) is 0. The minimum Gasteiger partial charge on any atom is -0.462 e. The van der Waals surface area contributed by atoms with Crippen molar-refractivity contribution in [3.63, 3.8) is 0 Å². The summed E-state index contributed by atoms with van der Waals surface area (Å²) in [7, 11) is 0. The number of hydrogen-bond donors (Lipinski definition) is 0. The molecule has 0 aromatic rings. The topological polar surface area (TPSA) is 43.4 Å². The Labute approximate surface area is 114 Å². The molecule has 0 aliphatic heterocycles. The second-order valence-corrected chi connectivity index (χ2v) is 5.77. The van der Waals surface area contributed by atoms with Crippen LogP contribution in [0.25, 0.3) is 0 Å². The Morgan fingerprint density at radius 3 is 2.32 bits per heavy atom. The van der Waals surface area contributed by atoms with Gasteiger partial charge in [-0.05, 0) is 47.8 Å². The van der Waals surface area contributed by atoms with Gasteiger partial charge in [0.25, 0.3) is 0 Å². The Balaban J connectivity index is 2.50. The number of fused-ring (bicyclic) bond motifs is 1. The summed E-state index contributed by atoms with van der Waals surface area (Å²) >= 11 is 0. The van der Waals surface area contributed by atoms with E-state index in [-0.39, 0.29) is 17.3 Å². The van der Waals surface area contributed by atoms with E-state index in [1.165, 1.54) is 0 Å². The van der Waals surface area contributed by atoms with Gasteiger partial charge in [-0.1, -0.05) is 27.7 Å². The predicted molar refractivity (Wildman–Crippen MR) is 73.4 cm³/mol. The van der Waals surface area contributed by atoms with E-state index in [0.717, 1.165) is 11.1 Å². The number of carbonyl (C=O) groups is 2. The first kappa shape index (κ1) is 14.0. The normalized spacial score (nSPS) is 34.2. The molecule has 19 heavy (non-hydrogen) atoms. The van der Waals surface area contributed by atoms with Gasteiger partial charge in [-0.2, -0.15) is 0 Å². The molecular formula is C16H22O3. The van der Waals surface area contributed by atoms with E-state index < -0.39 is 5.97 Å². The Hall–Kier alpha value is -1.38. The van der Waals surface area contributed by atoms with Crippen LogP contribution in [0.1, 0.15) is 34.6 Å². The fourth-order valence-electron chi connectivity index (χ4n) is 3.31. The summed E-state index contributed by atoms with van der Waals surface area (Å²) in [6.07, 6.45) is 1.64. The second-order valence-electron chi connectivity index (χ2n) is 5.77. The molecule has 0 aromatic heterocycles. The molecule has 0 spiro atoms. The summed E-state index contributed by atoms with van der Waals surface area (Å²) < 4.78 is 5.04. The van der Waals surface area contributed by atoms with Gasteiger partial charge in [0.05, 0.1) is 6.61 Å². The SMILES string of the molecule is CCOC(=O)C1=C2C(=CC1=O)[C@@H](C)[C@@H](C)[C@H](C)[C@H]2C. The lowest BCUT2D eigenvalue weighted by Crippen LogP contribution is -2.32. The molecular weight excluding hydrogens is 240 g/mol. The molecule has 0 heterocycles. The molecule has 0 aromatic carbocycles. The first-order valence-electron chi connectivity index (χ1n) is 7.07. The minimum atomic E-state index is -0.463. The molecule has 0 N–H and O–H groups in total. The van der Waals surface area contributed by atoms with Gasteiger partial charge in [0.2, 0.25) is 0 Å². The van der Waals surface area contributed by atoms with Crippen molar-refractivity contribution in [1.82, 2.24) is 0 Å². The lowest BCUT2D eigenvalue weighted by Gasteiger charge is -2.40. The van der Waals surface area contributed by atoms with Gasteiger partial charge in [-0.25, -0.2) is 4.79 Å². The van der Waals surface area contributed by atoms with E-state index in [4.69, 9.17) is 4.74 Å². The van der Waals surface area contributed by atoms with Gasteiger partial charge in [0, 0.05) is 0 Å². The van der Waals surface area contributed by atoms with Crippen LogP contribution in [0.2, 0.25) is 0 Å². The van der Waals surface area contributed by atoms with Crippen LogP contribution in [-0.4, -0.2) is 18.4 Å². The van der Waals surface area contributed by atoms with Gasteiger partial charge in [-0.3, -0.25) is 4.79 Å². The van der Waals surface area contributed by atoms with Crippen LogP contribution in [0, 0.1) is 23.7 Å². The molecule has 0 bridgehead atoms. The van der Waals surface area contributed by atoms with Crippen LogP contribution in [-0.2, 0) is 14.3 Å². The lowest BCUT2D eigenvalue weighted by atomic mass is 9.64. The Bertz CT molecular complexity index is 484. The summed E-state index contributed by atoms with van der Waals surface area (Å²) in [5.41, 5.74) is 2.25. The standard InChI is InChI=1S/C16H22O3/c1-6-19-16(18)15-13(17)7-12-10(4)8(2)9(3)11(5)14(12)15/h7-11H,6H2,1-5H3/t8-,9-,10-,11+/m0/s1. The van der Waals surface area contributed by atoms with Crippen molar-refractivity contribution in [3.8, 4) is 0 Å². The smallest absolute Gasteiger partial charge is 0.342 e. The molecule has 0 amide bonds. The molecule has 0 saturated heterocycles. The van der Waals surface area contributed by atoms with Gasteiger partial charge >= 0.3 is 5.97 Å². The van der Waals surface area contributed by atoms with Crippen LogP contribution in [0.3, 0.4) is 0 Å². The Kier molecular flexibility index (Phi) is 3.66. The van der Waals surface area contributed by atoms with E-state index in [2.05, 4.69) is 27.7 Å². The van der Waals surface area contributed by atoms with Crippen molar-refractivity contribution < 1.29 is 14.3 Å². The van der Waals surface area contributed by atoms with Crippen molar-refractivity contribution in [3.05, 3.63) is 22.8 Å². The molecule has 104 valence electrons. The van der Waals surface area contributed by atoms with E-state index >= 15 is 0 Å². The number of hydrogen-bond acceptors (Lipinski definition) is 3. The zero-order valence-corrected chi connectivity index (χ0v) is 12.3. The van der Waals surface area contributed by atoms with E-state index in [0.29, 0.717) is 24.4 Å². The molecule has 2 rings (SSSR count). The minimum absolute atomic E-state index is 0.177. The number of esters is 1. The van der Waals surface area contributed by atoms with E-state index in [9.17, 15) is 9.59 Å². The number of ether oxygens (including phenoxy) is 1. The maximum Gasteiger partial charge on any atom is 0.342 e. The molecule has 4 atom stereocenters. The fourth-order valence-corrected chi connectivity index (χ4v) is 3.31. The number of carbonyl (C=O) groups excluding carboxylic acids is 2. The predicted octanol–water partition coefficient (Wildman–Crippen LogP) is 2.91. The molecule has 0 unspecified atom stereocenters. The quantitative estimate of drug-likeness (QED) is 0.567. The maximum atomic E-state index is 12.1. The summed E-state index contributed by atoms with van der Waals surface area (Å²) in [5.74, 6) is 0.871. The van der Waals surface area contributed by atoms with Crippen LogP contribution >= 0.6 is 0 Å². The third-order valence-corrected chi connectivity index (χ3v) is 4.95. The van der Waals surface area contributed by atoms with E-state index in [1.54, 1.807) is 13.0 Å². The molecule has 0 radical (unpaired) electrons. The lowest BCUT2D eigenvalue weighted by molar-refractivity contribution is -0.139. The maximum absolute atomic E-state index is 12.1. The van der Waals surface area contributed by atoms with Crippen molar-refractivity contribution >= 4 is 11.8 Å². The van der Waals surface area contributed by atoms with Crippen molar-refractivity contribution in [1.29, 1.82) is 0 Å². The van der Waals surface area contributed by atoms with E-state index in [1.807, 2.05) is 0 Å². The van der Waals surface area contributed by atoms with Crippen molar-refractivity contribution in [2.45, 2.75) is 34.6 Å². The first-order chi connectivity index (χ1) is 8.90. The fraction of sp³-hybridized carbons (Fsp3) is 0.625. The van der Waals surface area contributed by atoms with Gasteiger partial charge < -0.3 is 4.74 Å². The number of rotatable bonds is 2. The van der Waals surface area contributed by atoms with Crippen LogP contribution in [0.4, 0.5) is 0 Å². The van der Waals surface area contributed by atoms with Gasteiger partial charge in [0.1, 0.15) is 5.57 Å². The largest absolute Gasteiger partial charge is 0.462 e. The van der Waals surface area contributed by atoms with Crippen molar-refractivity contribution in [2.24, 2.45) is 23.7 Å². The monoisotopic (exact) mass is 262 g/mol. The van der Waals surface area contributed by atoms with Crippen molar-refractivity contribution in [2.75, 3.05) is 6.61 Å². The second kappa shape index (κ2) is 4.95. The van der Waals surface area contributed by atoms with Crippen LogP contribution in [0.15, 0.2) is 22.8 Å². The highest BCUT2D eigenvalue weighted by Gasteiger charge is 2.43. The average Bonchev–Trinajstić information content (AvgIpc) is 2.72. The highest BCUT2D eigenvalue weighted by Crippen LogP contribution is 2.48. The number of ketones is 1. The van der Waals surface area contributed by atoms with Crippen LogP contribution in [0.5, 0.6) is 0 Å². The summed E-state index contributed by atoms with van der Waals surface area (Å²) in [6, 6.07) is 0. The van der Waals surface area contributed by atoms with Crippen LogP contribution < -0.4 is 0 Å². The molecule has 1 saturated carbocycles. The Morgan fingerprint density at radius 2 is 1.74 bits per heavy atom. The zero-order chi connectivity index (χ0) is 14.3. The average molecular weight is 262 g/mol. The highest BCUT2D eigenvalue weighted by atomic mass is 16.5. The summed E-state index contributed by atoms with van der Waals surface area (Å²) in [4.78, 5) is 24.1. The summed E-state index contributed by atoms with van der Waals surface area (Å²) in [6.45, 7) is 10.7. The molecule has 3 heteroatoms. The molecule has 3 nitrogen and oxygen atoms in total. The van der Waals surface area contributed by atoms with Gasteiger partial charge in [-0.15, -0.1) is 0 Å². The molecule has 1 fully saturated rings. The third kappa shape index (κ3) is 2.05. The molecule has 2 aliphatic carbocycles. The Morgan fingerprint density at radius 1 is 1.16 bits per heavy atom.